The minimum atomic E-state index is -0.408. The summed E-state index contributed by atoms with van der Waals surface area (Å²) < 4.78 is 15.6. The van der Waals surface area contributed by atoms with Crippen LogP contribution < -0.4 is 14.8 Å². The Hall–Kier alpha value is -3.02. The first-order valence-electron chi connectivity index (χ1n) is 8.46. The fraction of sp³-hybridized carbons (Fsp3) is 0.300. The predicted octanol–water partition coefficient (Wildman–Crippen LogP) is 3.67. The summed E-state index contributed by atoms with van der Waals surface area (Å²) in [5.41, 5.74) is 1.07. The van der Waals surface area contributed by atoms with Crippen molar-refractivity contribution < 1.29 is 23.8 Å². The monoisotopic (exact) mass is 357 g/mol. The Morgan fingerprint density at radius 1 is 0.923 bits per heavy atom. The molecule has 1 N–H and O–H groups in total. The molecule has 0 aromatic heterocycles. The van der Waals surface area contributed by atoms with Gasteiger partial charge < -0.3 is 19.5 Å². The largest absolute Gasteiger partial charge is 0.494 e. The topological polar surface area (TPSA) is 73.9 Å². The molecule has 26 heavy (non-hydrogen) atoms. The van der Waals surface area contributed by atoms with Crippen LogP contribution in [0.5, 0.6) is 11.5 Å². The van der Waals surface area contributed by atoms with Gasteiger partial charge in [0.25, 0.3) is 0 Å². The number of hydrogen-bond donors (Lipinski definition) is 1. The zero-order valence-corrected chi connectivity index (χ0v) is 15.0. The van der Waals surface area contributed by atoms with E-state index in [9.17, 15) is 9.59 Å². The third-order valence-electron chi connectivity index (χ3n) is 3.54. The van der Waals surface area contributed by atoms with Crippen LogP contribution in [0.25, 0.3) is 0 Å². The van der Waals surface area contributed by atoms with Gasteiger partial charge in [-0.3, -0.25) is 4.79 Å². The number of ether oxygens (including phenoxy) is 3. The zero-order valence-electron chi connectivity index (χ0n) is 15.0. The van der Waals surface area contributed by atoms with Crippen LogP contribution in [-0.2, 0) is 9.53 Å². The van der Waals surface area contributed by atoms with Gasteiger partial charge in [-0.25, -0.2) is 4.79 Å². The van der Waals surface area contributed by atoms with Crippen molar-refractivity contribution >= 4 is 17.6 Å². The maximum atomic E-state index is 11.9. The highest BCUT2D eigenvalue weighted by Crippen LogP contribution is 2.18. The molecule has 0 aliphatic carbocycles. The molecular weight excluding hydrogens is 334 g/mol. The minimum Gasteiger partial charge on any atom is -0.494 e. The number of hydrogen-bond acceptors (Lipinski definition) is 5. The van der Waals surface area contributed by atoms with Crippen LogP contribution >= 0.6 is 0 Å². The van der Waals surface area contributed by atoms with Crippen LogP contribution in [-0.4, -0.2) is 32.2 Å². The number of esters is 1. The molecule has 138 valence electrons. The Labute approximate surface area is 153 Å². The maximum Gasteiger partial charge on any atom is 0.337 e. The van der Waals surface area contributed by atoms with Gasteiger partial charge in [0.15, 0.2) is 0 Å². The Bertz CT molecular complexity index is 710. The lowest BCUT2D eigenvalue weighted by Crippen LogP contribution is -2.13. The average Bonchev–Trinajstić information content (AvgIpc) is 2.67. The van der Waals surface area contributed by atoms with E-state index >= 15 is 0 Å². The fourth-order valence-electron chi connectivity index (χ4n) is 2.25. The number of nitrogens with one attached hydrogen (secondary N) is 1. The maximum absolute atomic E-state index is 11.9. The number of anilines is 1. The van der Waals surface area contributed by atoms with Gasteiger partial charge in [-0.15, -0.1) is 0 Å². The van der Waals surface area contributed by atoms with Crippen LogP contribution in [0.1, 0.15) is 30.1 Å². The molecule has 0 aliphatic heterocycles. The Morgan fingerprint density at radius 2 is 1.54 bits per heavy atom. The van der Waals surface area contributed by atoms with Gasteiger partial charge in [-0.1, -0.05) is 0 Å². The Morgan fingerprint density at radius 3 is 2.12 bits per heavy atom. The molecule has 0 heterocycles. The molecule has 2 rings (SSSR count). The molecule has 0 spiro atoms. The zero-order chi connectivity index (χ0) is 18.8. The van der Waals surface area contributed by atoms with Crippen LogP contribution in [0.3, 0.4) is 0 Å². The van der Waals surface area contributed by atoms with E-state index < -0.39 is 5.97 Å². The standard InChI is InChI=1S/C20H23NO5/c1-3-25-17-10-12-18(13-11-17)26-14-4-5-19(22)21-16-8-6-15(7-9-16)20(23)24-2/h6-13H,3-5,14H2,1-2H3,(H,21,22). The molecule has 0 atom stereocenters. The second-order valence-electron chi connectivity index (χ2n) is 5.47. The summed E-state index contributed by atoms with van der Waals surface area (Å²) in [7, 11) is 1.33. The first kappa shape index (κ1) is 19.3. The molecule has 0 saturated carbocycles. The number of carbonyl (C=O) groups excluding carboxylic acids is 2. The third kappa shape index (κ3) is 6.12. The smallest absolute Gasteiger partial charge is 0.337 e. The third-order valence-corrected chi connectivity index (χ3v) is 3.54. The second-order valence-corrected chi connectivity index (χ2v) is 5.47. The van der Waals surface area contributed by atoms with Crippen LogP contribution in [0.4, 0.5) is 5.69 Å². The van der Waals surface area contributed by atoms with Crippen molar-refractivity contribution in [1.82, 2.24) is 0 Å². The molecule has 1 amide bonds. The van der Waals surface area contributed by atoms with Gasteiger partial charge in [-0.05, 0) is 61.9 Å². The quantitative estimate of drug-likeness (QED) is 0.547. The molecule has 6 nitrogen and oxygen atoms in total. The van der Waals surface area contributed by atoms with E-state index in [1.165, 1.54) is 7.11 Å². The minimum absolute atomic E-state index is 0.105. The van der Waals surface area contributed by atoms with Crippen molar-refractivity contribution in [3.63, 3.8) is 0 Å². The van der Waals surface area contributed by atoms with Crippen molar-refractivity contribution in [3.05, 3.63) is 54.1 Å². The van der Waals surface area contributed by atoms with Crippen molar-refractivity contribution in [2.24, 2.45) is 0 Å². The van der Waals surface area contributed by atoms with Gasteiger partial charge in [0.1, 0.15) is 11.5 Å². The summed E-state index contributed by atoms with van der Waals surface area (Å²) in [6.07, 6.45) is 0.940. The fourth-order valence-corrected chi connectivity index (χ4v) is 2.25. The number of amides is 1. The molecule has 0 saturated heterocycles. The van der Waals surface area contributed by atoms with Crippen LogP contribution in [0, 0.1) is 0 Å². The summed E-state index contributed by atoms with van der Waals surface area (Å²) in [4.78, 5) is 23.3. The molecule has 0 aliphatic rings. The van der Waals surface area contributed by atoms with Crippen molar-refractivity contribution in [2.75, 3.05) is 25.6 Å². The lowest BCUT2D eigenvalue weighted by molar-refractivity contribution is -0.116. The predicted molar refractivity (Wildman–Crippen MR) is 98.8 cm³/mol. The van der Waals surface area contributed by atoms with Gasteiger partial charge in [0, 0.05) is 12.1 Å². The molecule has 6 heteroatoms. The van der Waals surface area contributed by atoms with Gasteiger partial charge in [-0.2, -0.15) is 0 Å². The molecule has 0 unspecified atom stereocenters. The van der Waals surface area contributed by atoms with Crippen LogP contribution in [0.15, 0.2) is 48.5 Å². The summed E-state index contributed by atoms with van der Waals surface area (Å²) >= 11 is 0. The van der Waals surface area contributed by atoms with Crippen molar-refractivity contribution in [3.8, 4) is 11.5 Å². The molecule has 0 fully saturated rings. The SMILES string of the molecule is CCOc1ccc(OCCCC(=O)Nc2ccc(C(=O)OC)cc2)cc1. The highest BCUT2D eigenvalue weighted by molar-refractivity contribution is 5.93. The van der Waals surface area contributed by atoms with Crippen molar-refractivity contribution in [1.29, 1.82) is 0 Å². The van der Waals surface area contributed by atoms with Gasteiger partial charge in [0.05, 0.1) is 25.9 Å². The first-order chi connectivity index (χ1) is 12.6. The van der Waals surface area contributed by atoms with E-state index in [0.717, 1.165) is 11.5 Å². The lowest BCUT2D eigenvalue weighted by atomic mass is 10.2. The van der Waals surface area contributed by atoms with Gasteiger partial charge in [0.2, 0.25) is 5.91 Å². The number of methoxy groups -OCH3 is 1. The average molecular weight is 357 g/mol. The number of benzene rings is 2. The van der Waals surface area contributed by atoms with E-state index in [4.69, 9.17) is 9.47 Å². The lowest BCUT2D eigenvalue weighted by Gasteiger charge is -2.08. The van der Waals surface area contributed by atoms with E-state index in [-0.39, 0.29) is 5.91 Å². The normalized spacial score (nSPS) is 10.1. The van der Waals surface area contributed by atoms with E-state index in [0.29, 0.717) is 37.3 Å². The number of rotatable bonds is 9. The Balaban J connectivity index is 1.69. The first-order valence-corrected chi connectivity index (χ1v) is 8.46. The summed E-state index contributed by atoms with van der Waals surface area (Å²) in [6.45, 7) is 3.01. The highest BCUT2D eigenvalue weighted by Gasteiger charge is 2.06. The second kappa shape index (κ2) is 10.1. The summed E-state index contributed by atoms with van der Waals surface area (Å²) in [6, 6.07) is 13.9. The molecule has 2 aromatic carbocycles. The van der Waals surface area contributed by atoms with Crippen molar-refractivity contribution in [2.45, 2.75) is 19.8 Å². The summed E-state index contributed by atoms with van der Waals surface area (Å²) in [5.74, 6) is 1.03. The van der Waals surface area contributed by atoms with E-state index in [1.807, 2.05) is 31.2 Å². The van der Waals surface area contributed by atoms with E-state index in [1.54, 1.807) is 24.3 Å². The molecule has 0 bridgehead atoms. The number of carbonyl (C=O) groups is 2. The molecule has 2 aromatic rings. The summed E-state index contributed by atoms with van der Waals surface area (Å²) in [5, 5.41) is 2.78. The van der Waals surface area contributed by atoms with Crippen LogP contribution in [0.2, 0.25) is 0 Å². The molecular formula is C20H23NO5. The Kier molecular flexibility index (Phi) is 7.49. The highest BCUT2D eigenvalue weighted by atomic mass is 16.5. The van der Waals surface area contributed by atoms with Gasteiger partial charge >= 0.3 is 5.97 Å². The van der Waals surface area contributed by atoms with E-state index in [2.05, 4.69) is 10.1 Å². The molecule has 0 radical (unpaired) electrons.